The molecule has 0 saturated heterocycles. The summed E-state index contributed by atoms with van der Waals surface area (Å²) in [5.74, 6) is -1.11. The maximum atomic E-state index is 10.6. The van der Waals surface area contributed by atoms with Crippen LogP contribution in [-0.4, -0.2) is 23.2 Å². The molecule has 0 aliphatic heterocycles. The lowest BCUT2D eigenvalue weighted by Gasteiger charge is -2.15. The molecule has 0 aromatic rings. The van der Waals surface area contributed by atoms with Gasteiger partial charge in [0.1, 0.15) is 0 Å². The molecule has 0 aromatic carbocycles. The van der Waals surface area contributed by atoms with E-state index in [2.05, 4.69) is 4.99 Å². The van der Waals surface area contributed by atoms with Gasteiger partial charge in [0, 0.05) is 0 Å². The minimum Gasteiger partial charge on any atom is -0.480 e. The number of aliphatic carboxylic acids is 1. The van der Waals surface area contributed by atoms with Crippen molar-refractivity contribution in [3.8, 4) is 0 Å². The number of carboxylic acid groups (broad SMARTS) is 1. The molecule has 0 aliphatic rings. The van der Waals surface area contributed by atoms with Crippen LogP contribution in [0.3, 0.4) is 0 Å². The topological polar surface area (TPSA) is 66.7 Å². The molecular weight excluding hydrogens is 158 g/mol. The number of carbonyl (C=O) groups excluding carboxylic acids is 1. The molecule has 0 radical (unpaired) electrons. The Balaban J connectivity index is 4.46. The van der Waals surface area contributed by atoms with Crippen LogP contribution in [0.15, 0.2) is 4.99 Å². The second-order valence-corrected chi connectivity index (χ2v) is 2.58. The Labute approximate surface area is 71.3 Å². The number of carbonyl (C=O) groups is 1. The average molecular weight is 171 g/mol. The highest BCUT2D eigenvalue weighted by molar-refractivity contribution is 5.75. The van der Waals surface area contributed by atoms with E-state index in [1.807, 2.05) is 13.8 Å². The van der Waals surface area contributed by atoms with E-state index in [0.717, 1.165) is 0 Å². The third kappa shape index (κ3) is 2.84. The first-order chi connectivity index (χ1) is 5.67. The summed E-state index contributed by atoms with van der Waals surface area (Å²) in [4.78, 5) is 23.7. The average Bonchev–Trinajstić information content (AvgIpc) is 2.05. The van der Waals surface area contributed by atoms with Crippen molar-refractivity contribution in [2.24, 2.45) is 10.9 Å². The maximum Gasteiger partial charge on any atom is 0.329 e. The van der Waals surface area contributed by atoms with Crippen LogP contribution in [0, 0.1) is 5.92 Å². The number of rotatable bonds is 5. The molecule has 0 aromatic heterocycles. The number of isocyanates is 1. The van der Waals surface area contributed by atoms with Crippen LogP contribution in [0.25, 0.3) is 0 Å². The van der Waals surface area contributed by atoms with Gasteiger partial charge in [0.05, 0.1) is 0 Å². The first kappa shape index (κ1) is 10.8. The summed E-state index contributed by atoms with van der Waals surface area (Å²) in [5.41, 5.74) is 0. The molecule has 0 rings (SSSR count). The van der Waals surface area contributed by atoms with Gasteiger partial charge in [0.25, 0.3) is 0 Å². The van der Waals surface area contributed by atoms with E-state index in [9.17, 15) is 9.59 Å². The Bertz CT molecular complexity index is 190. The second-order valence-electron chi connectivity index (χ2n) is 2.58. The Kier molecular flexibility index (Phi) is 4.97. The summed E-state index contributed by atoms with van der Waals surface area (Å²) < 4.78 is 0. The summed E-state index contributed by atoms with van der Waals surface area (Å²) in [6.07, 6.45) is 2.71. The minimum absolute atomic E-state index is 0.0658. The van der Waals surface area contributed by atoms with Gasteiger partial charge in [-0.1, -0.05) is 26.7 Å². The Morgan fingerprint density at radius 2 is 2.00 bits per heavy atom. The largest absolute Gasteiger partial charge is 0.480 e. The standard InChI is InChI=1S/C8H13NO3/c1-3-6(4-2)7(8(11)12)9-5-10/h6-7H,3-4H2,1-2H3,(H,11,12). The smallest absolute Gasteiger partial charge is 0.329 e. The van der Waals surface area contributed by atoms with Gasteiger partial charge in [-0.15, -0.1) is 0 Å². The van der Waals surface area contributed by atoms with E-state index in [1.165, 1.54) is 6.08 Å². The SMILES string of the molecule is CCC(CC)C(N=C=O)C(=O)O. The van der Waals surface area contributed by atoms with Crippen molar-refractivity contribution < 1.29 is 14.7 Å². The Hall–Kier alpha value is -1.15. The molecule has 68 valence electrons. The van der Waals surface area contributed by atoms with Crippen LogP contribution in [0.5, 0.6) is 0 Å². The molecule has 12 heavy (non-hydrogen) atoms. The highest BCUT2D eigenvalue weighted by Gasteiger charge is 2.24. The highest BCUT2D eigenvalue weighted by Crippen LogP contribution is 2.15. The predicted octanol–water partition coefficient (Wildman–Crippen LogP) is 1.21. The normalized spacial score (nSPS) is 12.2. The number of hydrogen-bond donors (Lipinski definition) is 1. The zero-order chi connectivity index (χ0) is 9.56. The summed E-state index contributed by atoms with van der Waals surface area (Å²) in [7, 11) is 0. The van der Waals surface area contributed by atoms with E-state index in [1.54, 1.807) is 0 Å². The van der Waals surface area contributed by atoms with Gasteiger partial charge < -0.3 is 5.11 Å². The molecule has 0 aliphatic carbocycles. The molecule has 1 N–H and O–H groups in total. The van der Waals surface area contributed by atoms with E-state index in [-0.39, 0.29) is 5.92 Å². The van der Waals surface area contributed by atoms with Crippen molar-refractivity contribution in [3.63, 3.8) is 0 Å². The Morgan fingerprint density at radius 3 is 2.25 bits per heavy atom. The first-order valence-corrected chi connectivity index (χ1v) is 3.97. The lowest BCUT2D eigenvalue weighted by Crippen LogP contribution is -2.26. The van der Waals surface area contributed by atoms with E-state index in [0.29, 0.717) is 12.8 Å². The van der Waals surface area contributed by atoms with Gasteiger partial charge in [-0.05, 0) is 5.92 Å². The number of hydrogen-bond acceptors (Lipinski definition) is 3. The lowest BCUT2D eigenvalue weighted by molar-refractivity contribution is -0.139. The summed E-state index contributed by atoms with van der Waals surface area (Å²) in [5, 5.41) is 8.66. The molecule has 1 atom stereocenters. The van der Waals surface area contributed by atoms with Gasteiger partial charge in [-0.2, -0.15) is 4.99 Å². The van der Waals surface area contributed by atoms with Crippen molar-refractivity contribution >= 4 is 12.0 Å². The number of nitrogens with zero attached hydrogens (tertiary/aromatic N) is 1. The lowest BCUT2D eigenvalue weighted by atomic mass is 9.95. The van der Waals surface area contributed by atoms with Crippen molar-refractivity contribution in [2.45, 2.75) is 32.7 Å². The molecule has 0 fully saturated rings. The van der Waals surface area contributed by atoms with Gasteiger partial charge in [0.2, 0.25) is 6.08 Å². The number of carboxylic acids is 1. The van der Waals surface area contributed by atoms with Crippen LogP contribution in [-0.2, 0) is 9.59 Å². The van der Waals surface area contributed by atoms with Crippen LogP contribution in [0.1, 0.15) is 26.7 Å². The van der Waals surface area contributed by atoms with Gasteiger partial charge in [-0.3, -0.25) is 0 Å². The van der Waals surface area contributed by atoms with Crippen molar-refractivity contribution in [1.29, 1.82) is 0 Å². The molecule has 0 heterocycles. The highest BCUT2D eigenvalue weighted by atomic mass is 16.4. The molecule has 0 spiro atoms. The van der Waals surface area contributed by atoms with Crippen LogP contribution in [0.2, 0.25) is 0 Å². The van der Waals surface area contributed by atoms with Crippen LogP contribution in [0.4, 0.5) is 0 Å². The predicted molar refractivity (Wildman–Crippen MR) is 43.6 cm³/mol. The zero-order valence-electron chi connectivity index (χ0n) is 7.28. The third-order valence-corrected chi connectivity index (χ3v) is 1.94. The minimum atomic E-state index is -1.05. The fraction of sp³-hybridized carbons (Fsp3) is 0.750. The summed E-state index contributed by atoms with van der Waals surface area (Å²) in [6.45, 7) is 3.76. The van der Waals surface area contributed by atoms with Gasteiger partial charge in [0.15, 0.2) is 6.04 Å². The van der Waals surface area contributed by atoms with Gasteiger partial charge in [-0.25, -0.2) is 9.59 Å². The second kappa shape index (κ2) is 5.49. The van der Waals surface area contributed by atoms with E-state index < -0.39 is 12.0 Å². The maximum absolute atomic E-state index is 10.6. The molecule has 0 amide bonds. The molecule has 1 unspecified atom stereocenters. The van der Waals surface area contributed by atoms with Gasteiger partial charge >= 0.3 is 5.97 Å². The van der Waals surface area contributed by atoms with E-state index in [4.69, 9.17) is 5.11 Å². The van der Waals surface area contributed by atoms with E-state index >= 15 is 0 Å². The molecular formula is C8H13NO3. The molecule has 0 bridgehead atoms. The molecule has 4 nitrogen and oxygen atoms in total. The summed E-state index contributed by atoms with van der Waals surface area (Å²) in [6, 6.07) is -0.919. The monoisotopic (exact) mass is 171 g/mol. The summed E-state index contributed by atoms with van der Waals surface area (Å²) >= 11 is 0. The molecule has 0 saturated carbocycles. The van der Waals surface area contributed by atoms with Crippen LogP contribution < -0.4 is 0 Å². The Morgan fingerprint density at radius 1 is 1.50 bits per heavy atom. The van der Waals surface area contributed by atoms with Crippen molar-refractivity contribution in [1.82, 2.24) is 0 Å². The number of aliphatic imine (C=N–C) groups is 1. The first-order valence-electron chi connectivity index (χ1n) is 3.97. The fourth-order valence-corrected chi connectivity index (χ4v) is 1.15. The quantitative estimate of drug-likeness (QED) is 0.499. The van der Waals surface area contributed by atoms with Crippen molar-refractivity contribution in [2.75, 3.05) is 0 Å². The van der Waals surface area contributed by atoms with Crippen LogP contribution >= 0.6 is 0 Å². The fourth-order valence-electron chi connectivity index (χ4n) is 1.15. The third-order valence-electron chi connectivity index (χ3n) is 1.94. The zero-order valence-corrected chi connectivity index (χ0v) is 7.28. The molecule has 4 heteroatoms. The van der Waals surface area contributed by atoms with Crippen molar-refractivity contribution in [3.05, 3.63) is 0 Å².